The van der Waals surface area contributed by atoms with Gasteiger partial charge in [0.25, 0.3) is 5.91 Å². The van der Waals surface area contributed by atoms with Gasteiger partial charge in [0.2, 0.25) is 0 Å². The Balaban J connectivity index is 0.00000261. The molecule has 1 amide bonds. The summed E-state index contributed by atoms with van der Waals surface area (Å²) in [5.74, 6) is 0.618. The van der Waals surface area contributed by atoms with Gasteiger partial charge in [-0.15, -0.1) is 12.4 Å². The van der Waals surface area contributed by atoms with Gasteiger partial charge in [-0.25, -0.2) is 0 Å². The summed E-state index contributed by atoms with van der Waals surface area (Å²) in [6.07, 6.45) is -0.507. The Morgan fingerprint density at radius 3 is 2.70 bits per heavy atom. The van der Waals surface area contributed by atoms with Gasteiger partial charge in [0.15, 0.2) is 0 Å². The van der Waals surface area contributed by atoms with E-state index in [0.29, 0.717) is 18.2 Å². The van der Waals surface area contributed by atoms with E-state index in [2.05, 4.69) is 10.6 Å². The molecule has 7 heteroatoms. The number of halogens is 2. The minimum absolute atomic E-state index is 0. The highest BCUT2D eigenvalue weighted by atomic mass is 35.5. The van der Waals surface area contributed by atoms with E-state index >= 15 is 0 Å². The number of benzene rings is 2. The summed E-state index contributed by atoms with van der Waals surface area (Å²) in [5, 5.41) is 6.89. The SMILES string of the molecule is COc1ccc(C(NC(=O)C2CNCCO2)c2ccccc2Cl)c(C)c1.Cl. The first-order chi connectivity index (χ1) is 12.6. The Hall–Kier alpha value is -1.79. The molecular weight excluding hydrogens is 387 g/mol. The van der Waals surface area contributed by atoms with E-state index in [4.69, 9.17) is 21.1 Å². The third-order valence-electron chi connectivity index (χ3n) is 4.51. The molecule has 2 unspecified atom stereocenters. The van der Waals surface area contributed by atoms with Crippen molar-refractivity contribution in [1.29, 1.82) is 0 Å². The third-order valence-corrected chi connectivity index (χ3v) is 4.86. The van der Waals surface area contributed by atoms with Crippen LogP contribution in [0.15, 0.2) is 42.5 Å². The lowest BCUT2D eigenvalue weighted by Gasteiger charge is -2.27. The van der Waals surface area contributed by atoms with E-state index in [1.165, 1.54) is 0 Å². The van der Waals surface area contributed by atoms with Crippen molar-refractivity contribution in [2.24, 2.45) is 0 Å². The van der Waals surface area contributed by atoms with Crippen LogP contribution in [0.5, 0.6) is 5.75 Å². The summed E-state index contributed by atoms with van der Waals surface area (Å²) < 4.78 is 10.9. The van der Waals surface area contributed by atoms with Gasteiger partial charge in [-0.2, -0.15) is 0 Å². The fraction of sp³-hybridized carbons (Fsp3) is 0.350. The first kappa shape index (κ1) is 21.5. The van der Waals surface area contributed by atoms with Crippen LogP contribution in [0.4, 0.5) is 0 Å². The van der Waals surface area contributed by atoms with Gasteiger partial charge in [-0.1, -0.05) is 35.9 Å². The molecule has 0 radical (unpaired) electrons. The van der Waals surface area contributed by atoms with E-state index in [-0.39, 0.29) is 24.4 Å². The number of carbonyl (C=O) groups is 1. The van der Waals surface area contributed by atoms with Crippen molar-refractivity contribution >= 4 is 29.9 Å². The fourth-order valence-electron chi connectivity index (χ4n) is 3.10. The number of methoxy groups -OCH3 is 1. The Morgan fingerprint density at radius 2 is 2.07 bits per heavy atom. The highest BCUT2D eigenvalue weighted by Gasteiger charge is 2.27. The lowest BCUT2D eigenvalue weighted by Crippen LogP contribution is -2.48. The van der Waals surface area contributed by atoms with Crippen LogP contribution in [-0.2, 0) is 9.53 Å². The molecule has 2 N–H and O–H groups in total. The molecule has 1 saturated heterocycles. The lowest BCUT2D eigenvalue weighted by molar-refractivity contribution is -0.134. The molecule has 1 aliphatic heterocycles. The van der Waals surface area contributed by atoms with E-state index in [0.717, 1.165) is 29.0 Å². The zero-order chi connectivity index (χ0) is 18.5. The number of amides is 1. The molecule has 2 aromatic rings. The quantitative estimate of drug-likeness (QED) is 0.793. The summed E-state index contributed by atoms with van der Waals surface area (Å²) >= 11 is 6.43. The topological polar surface area (TPSA) is 59.6 Å². The maximum atomic E-state index is 12.8. The van der Waals surface area contributed by atoms with Crippen molar-refractivity contribution in [3.8, 4) is 5.75 Å². The van der Waals surface area contributed by atoms with Gasteiger partial charge in [-0.3, -0.25) is 4.79 Å². The number of carbonyl (C=O) groups excluding carboxylic acids is 1. The molecule has 0 aromatic heterocycles. The number of hydrogen-bond acceptors (Lipinski definition) is 4. The molecule has 146 valence electrons. The van der Waals surface area contributed by atoms with E-state index in [1.807, 2.05) is 49.4 Å². The van der Waals surface area contributed by atoms with Gasteiger partial charge < -0.3 is 20.1 Å². The Morgan fingerprint density at radius 1 is 1.30 bits per heavy atom. The smallest absolute Gasteiger partial charge is 0.251 e. The Labute approximate surface area is 170 Å². The average molecular weight is 411 g/mol. The van der Waals surface area contributed by atoms with Crippen molar-refractivity contribution in [2.75, 3.05) is 26.8 Å². The maximum Gasteiger partial charge on any atom is 0.251 e. The molecule has 0 aliphatic carbocycles. The maximum absolute atomic E-state index is 12.8. The van der Waals surface area contributed by atoms with Crippen LogP contribution in [0.25, 0.3) is 0 Å². The summed E-state index contributed by atoms with van der Waals surface area (Å²) in [6, 6.07) is 13.0. The monoisotopic (exact) mass is 410 g/mol. The molecule has 1 aliphatic rings. The molecular formula is C20H24Cl2N2O3. The lowest BCUT2D eigenvalue weighted by atomic mass is 9.94. The van der Waals surface area contributed by atoms with E-state index in [9.17, 15) is 4.79 Å². The summed E-state index contributed by atoms with van der Waals surface area (Å²) in [7, 11) is 1.63. The highest BCUT2D eigenvalue weighted by molar-refractivity contribution is 6.31. The van der Waals surface area contributed by atoms with Crippen molar-refractivity contribution < 1.29 is 14.3 Å². The summed E-state index contributed by atoms with van der Waals surface area (Å²) in [6.45, 7) is 3.78. The zero-order valence-corrected chi connectivity index (χ0v) is 16.9. The summed E-state index contributed by atoms with van der Waals surface area (Å²) in [5.41, 5.74) is 2.83. The van der Waals surface area contributed by atoms with Gasteiger partial charge in [0.1, 0.15) is 11.9 Å². The van der Waals surface area contributed by atoms with Crippen molar-refractivity contribution in [1.82, 2.24) is 10.6 Å². The number of aryl methyl sites for hydroxylation is 1. The second-order valence-electron chi connectivity index (χ2n) is 6.25. The number of morpholine rings is 1. The van der Waals surface area contributed by atoms with Crippen LogP contribution in [-0.4, -0.2) is 38.8 Å². The molecule has 27 heavy (non-hydrogen) atoms. The van der Waals surface area contributed by atoms with Gasteiger partial charge in [-0.05, 0) is 41.8 Å². The molecule has 1 heterocycles. The second kappa shape index (κ2) is 9.95. The summed E-state index contributed by atoms with van der Waals surface area (Å²) in [4.78, 5) is 12.8. The normalized spacial score (nSPS) is 17.5. The minimum atomic E-state index is -0.507. The van der Waals surface area contributed by atoms with Gasteiger partial charge in [0.05, 0.1) is 19.8 Å². The number of rotatable bonds is 5. The molecule has 5 nitrogen and oxygen atoms in total. The average Bonchev–Trinajstić information content (AvgIpc) is 2.67. The van der Waals surface area contributed by atoms with Gasteiger partial charge >= 0.3 is 0 Å². The predicted octanol–water partition coefficient (Wildman–Crippen LogP) is 3.27. The molecule has 2 atom stereocenters. The van der Waals surface area contributed by atoms with E-state index in [1.54, 1.807) is 7.11 Å². The molecule has 0 spiro atoms. The molecule has 3 rings (SSSR count). The number of ether oxygens (including phenoxy) is 2. The first-order valence-corrected chi connectivity index (χ1v) is 8.99. The molecule has 1 fully saturated rings. The van der Waals surface area contributed by atoms with Crippen LogP contribution in [0.3, 0.4) is 0 Å². The first-order valence-electron chi connectivity index (χ1n) is 8.62. The highest BCUT2D eigenvalue weighted by Crippen LogP contribution is 2.31. The zero-order valence-electron chi connectivity index (χ0n) is 15.3. The van der Waals surface area contributed by atoms with Crippen LogP contribution < -0.4 is 15.4 Å². The van der Waals surface area contributed by atoms with Crippen LogP contribution >= 0.6 is 24.0 Å². The van der Waals surface area contributed by atoms with Crippen LogP contribution in [0.2, 0.25) is 5.02 Å². The van der Waals surface area contributed by atoms with Gasteiger partial charge in [0, 0.05) is 18.1 Å². The molecule has 0 saturated carbocycles. The van der Waals surface area contributed by atoms with Crippen molar-refractivity contribution in [2.45, 2.75) is 19.1 Å². The molecule has 0 bridgehead atoms. The van der Waals surface area contributed by atoms with E-state index < -0.39 is 6.10 Å². The second-order valence-corrected chi connectivity index (χ2v) is 6.66. The molecule has 2 aromatic carbocycles. The van der Waals surface area contributed by atoms with Crippen molar-refractivity contribution in [3.05, 3.63) is 64.2 Å². The standard InChI is InChI=1S/C20H23ClN2O3.ClH/c1-13-11-14(25-2)7-8-15(13)19(16-5-3-4-6-17(16)21)23-20(24)18-12-22-9-10-26-18;/h3-8,11,18-19,22H,9-10,12H2,1-2H3,(H,23,24);1H. The Bertz CT molecular complexity index is 780. The number of nitrogens with one attached hydrogen (secondary N) is 2. The Kier molecular flexibility index (Phi) is 7.92. The fourth-order valence-corrected chi connectivity index (χ4v) is 3.35. The third kappa shape index (κ3) is 5.14. The largest absolute Gasteiger partial charge is 0.497 e. The van der Waals surface area contributed by atoms with Crippen molar-refractivity contribution in [3.63, 3.8) is 0 Å². The predicted molar refractivity (Wildman–Crippen MR) is 109 cm³/mol. The van der Waals surface area contributed by atoms with Crippen LogP contribution in [0.1, 0.15) is 22.7 Å². The van der Waals surface area contributed by atoms with Crippen LogP contribution in [0, 0.1) is 6.92 Å². The minimum Gasteiger partial charge on any atom is -0.497 e. The number of hydrogen-bond donors (Lipinski definition) is 2.